The summed E-state index contributed by atoms with van der Waals surface area (Å²) in [6.45, 7) is 2.75. The van der Waals surface area contributed by atoms with Gasteiger partial charge in [0.05, 0.1) is 22.3 Å². The molecule has 0 unspecified atom stereocenters. The Bertz CT molecular complexity index is 1320. The van der Waals surface area contributed by atoms with Gasteiger partial charge in [-0.1, -0.05) is 18.2 Å². The lowest BCUT2D eigenvalue weighted by Crippen LogP contribution is -2.48. The maximum atomic E-state index is 13.4. The zero-order chi connectivity index (χ0) is 24.2. The summed E-state index contributed by atoms with van der Waals surface area (Å²) in [7, 11) is 0. The first kappa shape index (κ1) is 23.2. The molecule has 0 spiro atoms. The smallest absolute Gasteiger partial charge is 0.272 e. The van der Waals surface area contributed by atoms with Crippen LogP contribution in [0, 0.1) is 11.6 Å². The third kappa shape index (κ3) is 5.58. The van der Waals surface area contributed by atoms with Gasteiger partial charge < -0.3 is 9.62 Å². The molecule has 1 N–H and O–H groups in total. The quantitative estimate of drug-likeness (QED) is 0.384. The highest BCUT2D eigenvalue weighted by Crippen LogP contribution is 2.27. The lowest BCUT2D eigenvalue weighted by Gasteiger charge is -2.34. The number of nitrogens with zero attached hydrogens (tertiary/aromatic N) is 4. The van der Waals surface area contributed by atoms with Crippen LogP contribution < -0.4 is 4.72 Å². The van der Waals surface area contributed by atoms with Crippen LogP contribution in [-0.2, 0) is 6.54 Å². The van der Waals surface area contributed by atoms with Crippen LogP contribution in [0.5, 0.6) is 0 Å². The molecule has 0 radical (unpaired) electrons. The number of nitrogens with one attached hydrogen (secondary N) is 1. The normalized spacial score (nSPS) is 14.3. The van der Waals surface area contributed by atoms with Crippen molar-refractivity contribution < 1.29 is 13.6 Å². The second-order valence-electron chi connectivity index (χ2n) is 8.31. The third-order valence-electron chi connectivity index (χ3n) is 5.85. The van der Waals surface area contributed by atoms with Gasteiger partial charge in [0.1, 0.15) is 17.3 Å². The summed E-state index contributed by atoms with van der Waals surface area (Å²) in [5, 5.41) is 1.07. The fourth-order valence-electron chi connectivity index (χ4n) is 4.08. The van der Waals surface area contributed by atoms with Crippen LogP contribution >= 0.6 is 11.9 Å². The molecule has 6 nitrogen and oxygen atoms in total. The van der Waals surface area contributed by atoms with Crippen LogP contribution in [0.4, 0.5) is 14.5 Å². The van der Waals surface area contributed by atoms with E-state index >= 15 is 0 Å². The summed E-state index contributed by atoms with van der Waals surface area (Å²) in [6.07, 6.45) is 3.42. The SMILES string of the molecule is O=C(c1ccc(NSc2cccc3cccnc23)cn1)N1CCN(Cc2cc(F)cc(F)c2)CC1. The molecule has 0 atom stereocenters. The van der Waals surface area contributed by atoms with E-state index in [1.54, 1.807) is 23.4 Å². The highest BCUT2D eigenvalue weighted by Gasteiger charge is 2.23. The Morgan fingerprint density at radius 3 is 2.46 bits per heavy atom. The Morgan fingerprint density at radius 2 is 1.71 bits per heavy atom. The Morgan fingerprint density at radius 1 is 0.943 bits per heavy atom. The summed E-state index contributed by atoms with van der Waals surface area (Å²) in [5.74, 6) is -1.28. The zero-order valence-electron chi connectivity index (χ0n) is 18.8. The second-order valence-corrected chi connectivity index (χ2v) is 9.16. The molecule has 0 aliphatic carbocycles. The number of anilines is 1. The maximum absolute atomic E-state index is 13.4. The number of fused-ring (bicyclic) bond motifs is 1. The minimum atomic E-state index is -0.579. The molecule has 1 aliphatic heterocycles. The third-order valence-corrected chi connectivity index (χ3v) is 6.73. The Balaban J connectivity index is 1.15. The molecule has 5 rings (SSSR count). The summed E-state index contributed by atoms with van der Waals surface area (Å²) in [6, 6.07) is 17.1. The Hall–Kier alpha value is -3.56. The molecule has 0 saturated carbocycles. The van der Waals surface area contributed by atoms with Gasteiger partial charge in [0, 0.05) is 50.4 Å². The lowest BCUT2D eigenvalue weighted by atomic mass is 10.2. The molecular formula is C26H23F2N5OS. The molecule has 2 aromatic heterocycles. The highest BCUT2D eigenvalue weighted by molar-refractivity contribution is 8.00. The van der Waals surface area contributed by atoms with E-state index in [1.165, 1.54) is 24.1 Å². The highest BCUT2D eigenvalue weighted by atomic mass is 32.2. The molecule has 2 aromatic carbocycles. The average molecular weight is 492 g/mol. The van der Waals surface area contributed by atoms with E-state index in [4.69, 9.17) is 0 Å². The van der Waals surface area contributed by atoms with Crippen molar-refractivity contribution in [3.05, 3.63) is 95.9 Å². The Kier molecular flexibility index (Phi) is 6.87. The molecule has 3 heterocycles. The number of piperazine rings is 1. The molecule has 1 saturated heterocycles. The predicted molar refractivity (Wildman–Crippen MR) is 133 cm³/mol. The zero-order valence-corrected chi connectivity index (χ0v) is 19.6. The Labute approximate surface area is 206 Å². The number of carbonyl (C=O) groups excluding carboxylic acids is 1. The first-order valence-electron chi connectivity index (χ1n) is 11.2. The number of para-hydroxylation sites is 1. The molecular weight excluding hydrogens is 468 g/mol. The van der Waals surface area contributed by atoms with Crippen LogP contribution in [0.25, 0.3) is 10.9 Å². The minimum absolute atomic E-state index is 0.126. The first-order valence-corrected chi connectivity index (χ1v) is 12.1. The van der Waals surface area contributed by atoms with Gasteiger partial charge in [-0.05, 0) is 53.9 Å². The summed E-state index contributed by atoms with van der Waals surface area (Å²) in [5.41, 5.74) is 2.68. The number of pyridine rings is 2. The predicted octanol–water partition coefficient (Wildman–Crippen LogP) is 4.99. The fraction of sp³-hybridized carbons (Fsp3) is 0.192. The van der Waals surface area contributed by atoms with Crippen LogP contribution in [-0.4, -0.2) is 51.9 Å². The van der Waals surface area contributed by atoms with Crippen molar-refractivity contribution in [2.45, 2.75) is 11.4 Å². The van der Waals surface area contributed by atoms with Crippen molar-refractivity contribution >= 4 is 34.4 Å². The number of halogens is 2. The van der Waals surface area contributed by atoms with Crippen molar-refractivity contribution in [3.8, 4) is 0 Å². The molecule has 178 valence electrons. The lowest BCUT2D eigenvalue weighted by molar-refractivity contribution is 0.0622. The van der Waals surface area contributed by atoms with Crippen LogP contribution in [0.1, 0.15) is 16.1 Å². The number of rotatable bonds is 6. The van der Waals surface area contributed by atoms with E-state index in [-0.39, 0.29) is 5.91 Å². The van der Waals surface area contributed by atoms with Crippen molar-refractivity contribution in [1.29, 1.82) is 0 Å². The van der Waals surface area contributed by atoms with E-state index in [2.05, 4.69) is 19.6 Å². The summed E-state index contributed by atoms with van der Waals surface area (Å²) >= 11 is 1.45. The number of hydrogen-bond acceptors (Lipinski definition) is 6. The first-order chi connectivity index (χ1) is 17.0. The van der Waals surface area contributed by atoms with Gasteiger partial charge in [-0.2, -0.15) is 0 Å². The van der Waals surface area contributed by atoms with Crippen molar-refractivity contribution in [2.75, 3.05) is 30.9 Å². The van der Waals surface area contributed by atoms with Gasteiger partial charge in [-0.25, -0.2) is 13.8 Å². The van der Waals surface area contributed by atoms with E-state index in [0.717, 1.165) is 27.6 Å². The molecule has 35 heavy (non-hydrogen) atoms. The van der Waals surface area contributed by atoms with Gasteiger partial charge in [0.25, 0.3) is 5.91 Å². The van der Waals surface area contributed by atoms with E-state index in [1.807, 2.05) is 36.4 Å². The number of hydrogen-bond donors (Lipinski definition) is 1. The van der Waals surface area contributed by atoms with Crippen LogP contribution in [0.3, 0.4) is 0 Å². The van der Waals surface area contributed by atoms with Crippen molar-refractivity contribution in [2.24, 2.45) is 0 Å². The average Bonchev–Trinajstić information content (AvgIpc) is 2.87. The topological polar surface area (TPSA) is 61.4 Å². The van der Waals surface area contributed by atoms with E-state index in [0.29, 0.717) is 44.0 Å². The summed E-state index contributed by atoms with van der Waals surface area (Å²) in [4.78, 5) is 26.6. The number of amides is 1. The van der Waals surface area contributed by atoms with Crippen LogP contribution in [0.2, 0.25) is 0 Å². The standard InChI is InChI=1S/C26H23F2N5OS/c27-20-13-18(14-21(28)15-20)17-32-9-11-33(12-10-32)26(34)23-7-6-22(16-30-23)31-35-24-5-1-3-19-4-2-8-29-25(19)24/h1-8,13-16,31H,9-12,17H2. The van der Waals surface area contributed by atoms with Crippen molar-refractivity contribution in [1.82, 2.24) is 19.8 Å². The van der Waals surface area contributed by atoms with Gasteiger partial charge in [0.2, 0.25) is 0 Å². The number of carbonyl (C=O) groups is 1. The minimum Gasteiger partial charge on any atom is -0.335 e. The largest absolute Gasteiger partial charge is 0.335 e. The summed E-state index contributed by atoms with van der Waals surface area (Å²) < 4.78 is 30.1. The van der Waals surface area contributed by atoms with Gasteiger partial charge in [-0.15, -0.1) is 0 Å². The van der Waals surface area contributed by atoms with Gasteiger partial charge >= 0.3 is 0 Å². The molecule has 1 fully saturated rings. The van der Waals surface area contributed by atoms with E-state index < -0.39 is 11.6 Å². The number of benzene rings is 2. The molecule has 1 amide bonds. The molecule has 1 aliphatic rings. The number of aromatic nitrogens is 2. The molecule has 0 bridgehead atoms. The second kappa shape index (κ2) is 10.4. The molecule has 4 aromatic rings. The van der Waals surface area contributed by atoms with E-state index in [9.17, 15) is 13.6 Å². The fourth-order valence-corrected chi connectivity index (χ4v) is 4.85. The van der Waals surface area contributed by atoms with Gasteiger partial charge in [0.15, 0.2) is 0 Å². The van der Waals surface area contributed by atoms with Gasteiger partial charge in [-0.3, -0.25) is 14.7 Å². The maximum Gasteiger partial charge on any atom is 0.272 e. The van der Waals surface area contributed by atoms with Crippen LogP contribution in [0.15, 0.2) is 78.0 Å². The van der Waals surface area contributed by atoms with Crippen molar-refractivity contribution in [3.63, 3.8) is 0 Å². The monoisotopic (exact) mass is 491 g/mol. The molecule has 9 heteroatoms.